The Labute approximate surface area is 327 Å². The zero-order valence-electron chi connectivity index (χ0n) is 31.7. The summed E-state index contributed by atoms with van der Waals surface area (Å²) >= 11 is 0. The lowest BCUT2D eigenvalue weighted by Crippen LogP contribution is -2.55. The van der Waals surface area contributed by atoms with Crippen molar-refractivity contribution in [3.8, 4) is 5.75 Å². The van der Waals surface area contributed by atoms with Crippen LogP contribution in [-0.2, 0) is 32.6 Å². The van der Waals surface area contributed by atoms with Gasteiger partial charge in [-0.05, 0) is 60.1 Å². The number of nitrogens with zero attached hydrogens (tertiary/aromatic N) is 2. The van der Waals surface area contributed by atoms with Crippen molar-refractivity contribution in [3.63, 3.8) is 0 Å². The molecule has 3 N–H and O–H groups in total. The summed E-state index contributed by atoms with van der Waals surface area (Å²) in [5.41, 5.74) is 3.33. The van der Waals surface area contributed by atoms with Gasteiger partial charge in [0, 0.05) is 26.2 Å². The second kappa shape index (κ2) is 20.5. The lowest BCUT2D eigenvalue weighted by Gasteiger charge is -2.31. The van der Waals surface area contributed by atoms with Crippen LogP contribution < -0.4 is 15.4 Å². The number of carbonyl (C=O) groups is 2. The number of hydrogen-bond acceptors (Lipinski definition) is 8. The minimum Gasteiger partial charge on any atom is -0.497 e. The van der Waals surface area contributed by atoms with E-state index in [9.17, 15) is 36.3 Å². The monoisotopic (exact) mass is 800 g/mol. The third-order valence-electron chi connectivity index (χ3n) is 9.76. The molecule has 0 aliphatic heterocycles. The summed E-state index contributed by atoms with van der Waals surface area (Å²) in [6.07, 6.45) is -4.05. The minimum absolute atomic E-state index is 0.0389. The van der Waals surface area contributed by atoms with Crippen LogP contribution in [0.15, 0.2) is 104 Å². The lowest BCUT2D eigenvalue weighted by atomic mass is 9.99. The van der Waals surface area contributed by atoms with Crippen molar-refractivity contribution in [2.24, 2.45) is 0 Å². The molecule has 1 unspecified atom stereocenters. The molecule has 0 bridgehead atoms. The van der Waals surface area contributed by atoms with Crippen LogP contribution in [0.2, 0.25) is 0 Å². The highest BCUT2D eigenvalue weighted by atomic mass is 32.2. The molecule has 5 atom stereocenters. The average molecular weight is 801 g/mol. The molecule has 0 radical (unpaired) electrons. The Hall–Kier alpha value is -4.70. The van der Waals surface area contributed by atoms with E-state index in [1.165, 1.54) is 6.08 Å². The van der Waals surface area contributed by atoms with Gasteiger partial charge >= 0.3 is 12.3 Å². The second-order valence-corrected chi connectivity index (χ2v) is 15.8. The summed E-state index contributed by atoms with van der Waals surface area (Å²) in [5, 5.41) is 17.9. The van der Waals surface area contributed by atoms with Crippen molar-refractivity contribution >= 4 is 22.0 Å². The molecule has 2 amide bonds. The number of nitrogens with one attached hydrogen (secondary N) is 2. The van der Waals surface area contributed by atoms with Crippen LogP contribution in [0.1, 0.15) is 60.0 Å². The fraction of sp³-hybridized carbons (Fsp3) is 0.415. The Balaban J connectivity index is 1.55. The van der Waals surface area contributed by atoms with Crippen molar-refractivity contribution in [2.75, 3.05) is 33.0 Å². The number of carbonyl (C=O) groups excluding carboxylic acids is 2. The molecule has 1 aliphatic rings. The SMILES string of the molecule is C=CCCN(C(=O)OCc1ccccc1)C1C[C@H](NC[C@@H](O)[C@H](Cc2ccccc2)NC(=O)[C@H](CC=C)N(C)S(=O)(=O)CCC(F)(F)F)c2cc(OC)ccc21. The minimum atomic E-state index is -4.71. The molecule has 3 aromatic rings. The molecule has 56 heavy (non-hydrogen) atoms. The van der Waals surface area contributed by atoms with Crippen LogP contribution >= 0.6 is 0 Å². The molecule has 0 saturated heterocycles. The summed E-state index contributed by atoms with van der Waals surface area (Å²) in [7, 11) is -1.89. The van der Waals surface area contributed by atoms with Crippen molar-refractivity contribution in [3.05, 3.63) is 126 Å². The van der Waals surface area contributed by atoms with Gasteiger partial charge in [-0.25, -0.2) is 13.2 Å². The molecule has 4 rings (SSSR count). The molecule has 0 heterocycles. The summed E-state index contributed by atoms with van der Waals surface area (Å²) in [4.78, 5) is 29.0. The molecule has 0 fully saturated rings. The Morgan fingerprint density at radius 1 is 1.00 bits per heavy atom. The number of aliphatic hydroxyl groups is 1. The maximum atomic E-state index is 13.7. The zero-order valence-corrected chi connectivity index (χ0v) is 32.5. The van der Waals surface area contributed by atoms with Gasteiger partial charge in [-0.3, -0.25) is 4.79 Å². The van der Waals surface area contributed by atoms with E-state index in [4.69, 9.17) is 9.47 Å². The number of rotatable bonds is 21. The second-order valence-electron chi connectivity index (χ2n) is 13.6. The zero-order chi connectivity index (χ0) is 40.9. The highest BCUT2D eigenvalue weighted by Gasteiger charge is 2.39. The van der Waals surface area contributed by atoms with E-state index in [0.717, 1.165) is 29.3 Å². The maximum absolute atomic E-state index is 13.7. The number of hydrogen-bond donors (Lipinski definition) is 3. The van der Waals surface area contributed by atoms with Crippen molar-refractivity contribution < 1.29 is 45.8 Å². The Kier molecular flexibility index (Phi) is 16.1. The van der Waals surface area contributed by atoms with Gasteiger partial charge in [0.15, 0.2) is 0 Å². The van der Waals surface area contributed by atoms with Crippen LogP contribution in [0.3, 0.4) is 0 Å². The van der Waals surface area contributed by atoms with E-state index < -0.39 is 64.6 Å². The number of amides is 2. The first-order valence-corrected chi connectivity index (χ1v) is 19.9. The number of sulfonamides is 1. The number of aliphatic hydroxyl groups excluding tert-OH is 1. The van der Waals surface area contributed by atoms with E-state index in [-0.39, 0.29) is 32.0 Å². The summed E-state index contributed by atoms with van der Waals surface area (Å²) in [5.74, 6) is -1.43. The van der Waals surface area contributed by atoms with Crippen molar-refractivity contribution in [1.82, 2.24) is 19.8 Å². The molecular weight excluding hydrogens is 750 g/mol. The number of likely N-dealkylation sites (N-methyl/N-ethyl adjacent to an activating group) is 1. The van der Waals surface area contributed by atoms with Gasteiger partial charge in [-0.1, -0.05) is 78.9 Å². The van der Waals surface area contributed by atoms with Gasteiger partial charge in [0.1, 0.15) is 18.4 Å². The largest absolute Gasteiger partial charge is 0.497 e. The highest BCUT2D eigenvalue weighted by Crippen LogP contribution is 2.44. The summed E-state index contributed by atoms with van der Waals surface area (Å²) < 4.78 is 76.4. The van der Waals surface area contributed by atoms with Gasteiger partial charge in [0.25, 0.3) is 0 Å². The van der Waals surface area contributed by atoms with Crippen molar-refractivity contribution in [1.29, 1.82) is 0 Å². The summed E-state index contributed by atoms with van der Waals surface area (Å²) in [6.45, 7) is 7.83. The van der Waals surface area contributed by atoms with Gasteiger partial charge < -0.3 is 30.1 Å². The molecular formula is C41H51F3N4O7S. The highest BCUT2D eigenvalue weighted by molar-refractivity contribution is 7.89. The number of fused-ring (bicyclic) bond motifs is 1. The molecule has 0 aromatic heterocycles. The molecule has 0 saturated carbocycles. The van der Waals surface area contributed by atoms with Crippen LogP contribution in [0.25, 0.3) is 0 Å². The van der Waals surface area contributed by atoms with Crippen LogP contribution in [0.5, 0.6) is 5.75 Å². The Bertz CT molecular complexity index is 1870. The van der Waals surface area contributed by atoms with E-state index in [0.29, 0.717) is 29.4 Å². The fourth-order valence-corrected chi connectivity index (χ4v) is 8.00. The van der Waals surface area contributed by atoms with E-state index in [1.54, 1.807) is 30.2 Å². The topological polar surface area (TPSA) is 138 Å². The Morgan fingerprint density at radius 3 is 2.27 bits per heavy atom. The maximum Gasteiger partial charge on any atom is 0.410 e. The predicted molar refractivity (Wildman–Crippen MR) is 208 cm³/mol. The first-order valence-electron chi connectivity index (χ1n) is 18.3. The molecule has 3 aromatic carbocycles. The smallest absolute Gasteiger partial charge is 0.410 e. The van der Waals surface area contributed by atoms with Gasteiger partial charge in [0.2, 0.25) is 15.9 Å². The average Bonchev–Trinajstić information content (AvgIpc) is 3.54. The number of benzene rings is 3. The number of ether oxygens (including phenoxy) is 2. The van der Waals surface area contributed by atoms with Gasteiger partial charge in [-0.15, -0.1) is 13.2 Å². The van der Waals surface area contributed by atoms with Crippen LogP contribution in [0.4, 0.5) is 18.0 Å². The third kappa shape index (κ3) is 12.4. The van der Waals surface area contributed by atoms with Crippen LogP contribution in [-0.4, -0.2) is 92.1 Å². The van der Waals surface area contributed by atoms with E-state index >= 15 is 0 Å². The normalized spacial score (nSPS) is 17.0. The predicted octanol–water partition coefficient (Wildman–Crippen LogP) is 6.23. The molecule has 1 aliphatic carbocycles. The first kappa shape index (κ1) is 44.0. The summed E-state index contributed by atoms with van der Waals surface area (Å²) in [6, 6.07) is 20.8. The number of methoxy groups -OCH3 is 1. The fourth-order valence-electron chi connectivity index (χ4n) is 6.65. The van der Waals surface area contributed by atoms with Crippen LogP contribution in [0, 0.1) is 0 Å². The third-order valence-corrected chi connectivity index (χ3v) is 11.6. The van der Waals surface area contributed by atoms with E-state index in [1.807, 2.05) is 66.7 Å². The van der Waals surface area contributed by atoms with Gasteiger partial charge in [0.05, 0.1) is 37.5 Å². The number of alkyl halides is 3. The van der Waals surface area contributed by atoms with E-state index in [2.05, 4.69) is 23.8 Å². The first-order chi connectivity index (χ1) is 26.7. The standard InChI is InChI=1S/C41H51F3N4O7S/c1-5-7-22-48(40(51)55-28-30-17-12-9-13-18-30)37-26-34(33-25-31(54-4)19-20-32(33)37)45-27-38(49)35(24-29-15-10-8-11-16-29)46-39(50)36(14-6-2)47(3)56(52,53)23-21-41(42,43)44/h5-6,8-13,15-20,25,34-38,45,49H,1-2,7,14,21-24,26-28H2,3-4H3,(H,46,50)/t34-,35-,36-,37?,38+/m0/s1. The lowest BCUT2D eigenvalue weighted by molar-refractivity contribution is -0.130. The number of halogens is 3. The molecule has 0 spiro atoms. The molecule has 304 valence electrons. The molecule has 15 heteroatoms. The Morgan fingerprint density at radius 2 is 1.66 bits per heavy atom. The van der Waals surface area contributed by atoms with Crippen molar-refractivity contribution in [2.45, 2.75) is 75.2 Å². The van der Waals surface area contributed by atoms with Gasteiger partial charge in [-0.2, -0.15) is 17.5 Å². The molecule has 11 nitrogen and oxygen atoms in total. The quantitative estimate of drug-likeness (QED) is 0.108.